The number of carbonyl (C=O) groups is 2. The minimum absolute atomic E-state index is 0.192. The average molecular weight is 408 g/mol. The number of hydrogen-bond acceptors (Lipinski definition) is 5. The molecule has 0 unspecified atom stereocenters. The summed E-state index contributed by atoms with van der Waals surface area (Å²) in [7, 11) is -4.03. The van der Waals surface area contributed by atoms with E-state index in [0.717, 1.165) is 29.8 Å². The van der Waals surface area contributed by atoms with Crippen molar-refractivity contribution >= 4 is 21.9 Å². The minimum Gasteiger partial charge on any atom is -0.454 e. The maximum atomic E-state index is 12.9. The summed E-state index contributed by atoms with van der Waals surface area (Å²) in [6.45, 7) is 2.53. The Labute approximate surface area is 163 Å². The van der Waals surface area contributed by atoms with Crippen LogP contribution in [0.5, 0.6) is 0 Å². The Hall–Kier alpha value is -2.78. The maximum Gasteiger partial charge on any atom is 0.324 e. The summed E-state index contributed by atoms with van der Waals surface area (Å²) in [5, 5.41) is 2.68. The summed E-state index contributed by atoms with van der Waals surface area (Å²) >= 11 is 0. The van der Waals surface area contributed by atoms with Crippen molar-refractivity contribution in [3.63, 3.8) is 0 Å². The quantitative estimate of drug-likeness (QED) is 0.650. The molecule has 0 heterocycles. The first-order valence-corrected chi connectivity index (χ1v) is 9.96. The standard InChI is InChI=1S/C19H21FN2O5S/c1-13(15-6-4-3-5-7-15)21-18(23)12-27-19(24)14(2)22-28(25,26)17-10-8-16(20)9-11-17/h3-11,13-14,22H,12H2,1-2H3,(H,21,23)/t13-,14-/m0/s1. The van der Waals surface area contributed by atoms with Crippen LogP contribution in [0.1, 0.15) is 25.5 Å². The third-order valence-electron chi connectivity index (χ3n) is 3.83. The predicted octanol–water partition coefficient (Wildman–Crippen LogP) is 1.91. The molecule has 2 aromatic rings. The number of nitrogens with one attached hydrogen (secondary N) is 2. The number of hydrogen-bond donors (Lipinski definition) is 2. The van der Waals surface area contributed by atoms with Gasteiger partial charge in [0, 0.05) is 0 Å². The predicted molar refractivity (Wildman–Crippen MR) is 100 cm³/mol. The smallest absolute Gasteiger partial charge is 0.324 e. The molecule has 0 aliphatic rings. The third kappa shape index (κ3) is 6.14. The first-order chi connectivity index (χ1) is 13.2. The lowest BCUT2D eigenvalue weighted by molar-refractivity contribution is -0.149. The molecule has 1 amide bonds. The summed E-state index contributed by atoms with van der Waals surface area (Å²) in [4.78, 5) is 23.7. The van der Waals surface area contributed by atoms with Crippen LogP contribution >= 0.6 is 0 Å². The van der Waals surface area contributed by atoms with E-state index in [1.165, 1.54) is 6.92 Å². The Bertz CT molecular complexity index is 917. The average Bonchev–Trinajstić information content (AvgIpc) is 2.66. The van der Waals surface area contributed by atoms with Gasteiger partial charge in [-0.1, -0.05) is 30.3 Å². The van der Waals surface area contributed by atoms with Gasteiger partial charge in [-0.2, -0.15) is 4.72 Å². The molecule has 0 fully saturated rings. The zero-order valence-electron chi connectivity index (χ0n) is 15.4. The molecule has 2 aromatic carbocycles. The molecular weight excluding hydrogens is 387 g/mol. The van der Waals surface area contributed by atoms with Crippen molar-refractivity contribution in [2.45, 2.75) is 30.8 Å². The number of benzene rings is 2. The zero-order chi connectivity index (χ0) is 20.7. The Morgan fingerprint density at radius 1 is 1.04 bits per heavy atom. The number of rotatable bonds is 8. The highest BCUT2D eigenvalue weighted by Gasteiger charge is 2.24. The Kier molecular flexibility index (Phi) is 7.24. The molecule has 28 heavy (non-hydrogen) atoms. The largest absolute Gasteiger partial charge is 0.454 e. The summed E-state index contributed by atoms with van der Waals surface area (Å²) in [5.41, 5.74) is 0.891. The van der Waals surface area contributed by atoms with E-state index < -0.39 is 40.4 Å². The summed E-state index contributed by atoms with van der Waals surface area (Å²) in [6.07, 6.45) is 0. The van der Waals surface area contributed by atoms with Crippen LogP contribution in [0.15, 0.2) is 59.5 Å². The van der Waals surface area contributed by atoms with Crippen LogP contribution in [0.2, 0.25) is 0 Å². The van der Waals surface area contributed by atoms with Crippen molar-refractivity contribution in [2.75, 3.05) is 6.61 Å². The lowest BCUT2D eigenvalue weighted by Crippen LogP contribution is -2.41. The summed E-state index contributed by atoms with van der Waals surface area (Å²) < 4.78 is 44.3. The number of ether oxygens (including phenoxy) is 1. The topological polar surface area (TPSA) is 102 Å². The molecular formula is C19H21FN2O5S. The maximum absolute atomic E-state index is 12.9. The molecule has 2 N–H and O–H groups in total. The van der Waals surface area contributed by atoms with Crippen LogP contribution in [0, 0.1) is 5.82 Å². The van der Waals surface area contributed by atoms with Crippen LogP contribution < -0.4 is 10.0 Å². The van der Waals surface area contributed by atoms with Gasteiger partial charge in [0.2, 0.25) is 10.0 Å². The first kappa shape index (κ1) is 21.5. The fraction of sp³-hybridized carbons (Fsp3) is 0.263. The molecule has 0 radical (unpaired) electrons. The van der Waals surface area contributed by atoms with Gasteiger partial charge in [0.15, 0.2) is 6.61 Å². The first-order valence-electron chi connectivity index (χ1n) is 8.48. The number of sulfonamides is 1. The van der Waals surface area contributed by atoms with Gasteiger partial charge in [-0.15, -0.1) is 0 Å². The van der Waals surface area contributed by atoms with Crippen molar-refractivity contribution < 1.29 is 27.1 Å². The lowest BCUT2D eigenvalue weighted by atomic mass is 10.1. The van der Waals surface area contributed by atoms with E-state index in [1.54, 1.807) is 6.92 Å². The molecule has 0 bridgehead atoms. The Morgan fingerprint density at radius 2 is 1.64 bits per heavy atom. The molecule has 0 aromatic heterocycles. The van der Waals surface area contributed by atoms with Gasteiger partial charge in [0.05, 0.1) is 10.9 Å². The van der Waals surface area contributed by atoms with E-state index in [-0.39, 0.29) is 10.9 Å². The highest BCUT2D eigenvalue weighted by atomic mass is 32.2. The second-order valence-electron chi connectivity index (χ2n) is 6.10. The van der Waals surface area contributed by atoms with E-state index in [2.05, 4.69) is 10.0 Å². The number of carbonyl (C=O) groups excluding carboxylic acids is 2. The van der Waals surface area contributed by atoms with Gasteiger partial charge >= 0.3 is 5.97 Å². The fourth-order valence-corrected chi connectivity index (χ4v) is 3.52. The van der Waals surface area contributed by atoms with Crippen LogP contribution in [-0.2, 0) is 24.3 Å². The lowest BCUT2D eigenvalue weighted by Gasteiger charge is -2.16. The van der Waals surface area contributed by atoms with Crippen molar-refractivity contribution in [1.29, 1.82) is 0 Å². The van der Waals surface area contributed by atoms with Crippen LogP contribution in [0.4, 0.5) is 4.39 Å². The Morgan fingerprint density at radius 3 is 2.25 bits per heavy atom. The molecule has 150 valence electrons. The van der Waals surface area contributed by atoms with Crippen molar-refractivity contribution in [2.24, 2.45) is 0 Å². The van der Waals surface area contributed by atoms with Gasteiger partial charge in [-0.25, -0.2) is 12.8 Å². The number of halogens is 1. The van der Waals surface area contributed by atoms with E-state index in [0.29, 0.717) is 0 Å². The van der Waals surface area contributed by atoms with Crippen molar-refractivity contribution in [1.82, 2.24) is 10.0 Å². The molecule has 9 heteroatoms. The van der Waals surface area contributed by atoms with E-state index in [4.69, 9.17) is 4.74 Å². The Balaban J connectivity index is 1.85. The molecule has 2 rings (SSSR count). The second-order valence-corrected chi connectivity index (χ2v) is 7.82. The molecule has 7 nitrogen and oxygen atoms in total. The zero-order valence-corrected chi connectivity index (χ0v) is 16.2. The fourth-order valence-electron chi connectivity index (χ4n) is 2.33. The van der Waals surface area contributed by atoms with E-state index in [9.17, 15) is 22.4 Å². The monoisotopic (exact) mass is 408 g/mol. The highest BCUT2D eigenvalue weighted by molar-refractivity contribution is 7.89. The number of amides is 1. The van der Waals surface area contributed by atoms with Gasteiger partial charge in [0.25, 0.3) is 5.91 Å². The van der Waals surface area contributed by atoms with Gasteiger partial charge in [-0.05, 0) is 43.7 Å². The van der Waals surface area contributed by atoms with Crippen molar-refractivity contribution in [3.8, 4) is 0 Å². The van der Waals surface area contributed by atoms with Gasteiger partial charge in [0.1, 0.15) is 11.9 Å². The summed E-state index contributed by atoms with van der Waals surface area (Å²) in [5.74, 6) is -2.01. The number of esters is 1. The minimum atomic E-state index is -4.03. The molecule has 0 aliphatic heterocycles. The van der Waals surface area contributed by atoms with Gasteiger partial charge in [-0.3, -0.25) is 9.59 Å². The molecule has 0 aliphatic carbocycles. The van der Waals surface area contributed by atoms with Crippen LogP contribution in [0.3, 0.4) is 0 Å². The summed E-state index contributed by atoms with van der Waals surface area (Å²) in [6, 6.07) is 11.9. The molecule has 0 spiro atoms. The highest BCUT2D eigenvalue weighted by Crippen LogP contribution is 2.12. The van der Waals surface area contributed by atoms with Crippen LogP contribution in [0.25, 0.3) is 0 Å². The molecule has 2 atom stereocenters. The molecule has 0 saturated carbocycles. The SMILES string of the molecule is C[C@H](NS(=O)(=O)c1ccc(F)cc1)C(=O)OCC(=O)N[C@@H](C)c1ccccc1. The normalized spacial score (nSPS) is 13.4. The second kappa shape index (κ2) is 9.43. The molecule has 0 saturated heterocycles. The van der Waals surface area contributed by atoms with E-state index in [1.807, 2.05) is 30.3 Å². The van der Waals surface area contributed by atoms with E-state index >= 15 is 0 Å². The van der Waals surface area contributed by atoms with Gasteiger partial charge < -0.3 is 10.1 Å². The van der Waals surface area contributed by atoms with Crippen molar-refractivity contribution in [3.05, 3.63) is 66.0 Å². The third-order valence-corrected chi connectivity index (χ3v) is 5.39. The van der Waals surface area contributed by atoms with Crippen LogP contribution in [-0.4, -0.2) is 32.9 Å².